The standard InChI is InChI=1S/C25H23ClF3N5O3/c26-16-2-1-3-17(11-16)32-6-8-33(9-7-32)24(35)19-13-23-30-18(12-22(25(27,28)29)34(23)31-19)15-4-5-20-21(10-15)37-14-36-20/h1-5,10-11,13,18,22,30H,6-9,12,14H2/t18-,22+/m1/s1. The van der Waals surface area contributed by atoms with Crippen molar-refractivity contribution in [3.8, 4) is 11.5 Å². The quantitative estimate of drug-likeness (QED) is 0.517. The fourth-order valence-electron chi connectivity index (χ4n) is 5.03. The zero-order valence-electron chi connectivity index (χ0n) is 19.5. The monoisotopic (exact) mass is 533 g/mol. The Kier molecular flexibility index (Phi) is 5.82. The van der Waals surface area contributed by atoms with Crippen molar-refractivity contribution in [1.82, 2.24) is 14.7 Å². The van der Waals surface area contributed by atoms with Gasteiger partial charge < -0.3 is 24.6 Å². The number of anilines is 2. The number of aromatic nitrogens is 2. The number of carbonyl (C=O) groups excluding carboxylic acids is 1. The first kappa shape index (κ1) is 23.8. The van der Waals surface area contributed by atoms with Gasteiger partial charge in [0.15, 0.2) is 23.2 Å². The number of hydrogen-bond donors (Lipinski definition) is 1. The van der Waals surface area contributed by atoms with Crippen LogP contribution in [0.25, 0.3) is 0 Å². The van der Waals surface area contributed by atoms with Gasteiger partial charge in [-0.15, -0.1) is 0 Å². The fraction of sp³-hybridized carbons (Fsp3) is 0.360. The number of fused-ring (bicyclic) bond motifs is 2. The van der Waals surface area contributed by atoms with E-state index in [-0.39, 0.29) is 24.7 Å². The Hall–Kier alpha value is -3.60. The van der Waals surface area contributed by atoms with Gasteiger partial charge in [0.05, 0.1) is 6.04 Å². The second-order valence-electron chi connectivity index (χ2n) is 9.22. The van der Waals surface area contributed by atoms with E-state index in [4.69, 9.17) is 21.1 Å². The van der Waals surface area contributed by atoms with E-state index in [0.29, 0.717) is 48.3 Å². The van der Waals surface area contributed by atoms with Gasteiger partial charge in [-0.3, -0.25) is 4.79 Å². The predicted octanol–water partition coefficient (Wildman–Crippen LogP) is 4.89. The molecule has 1 aromatic heterocycles. The highest BCUT2D eigenvalue weighted by Gasteiger charge is 2.47. The molecular weight excluding hydrogens is 511 g/mol. The molecule has 3 aromatic rings. The van der Waals surface area contributed by atoms with E-state index < -0.39 is 24.2 Å². The molecule has 1 N–H and O–H groups in total. The Morgan fingerprint density at radius 3 is 2.57 bits per heavy atom. The van der Waals surface area contributed by atoms with Gasteiger partial charge in [0, 0.05) is 49.4 Å². The largest absolute Gasteiger partial charge is 0.454 e. The molecule has 37 heavy (non-hydrogen) atoms. The van der Waals surface area contributed by atoms with Crippen molar-refractivity contribution in [2.45, 2.75) is 24.7 Å². The number of amides is 1. The summed E-state index contributed by atoms with van der Waals surface area (Å²) < 4.78 is 53.8. The second kappa shape index (κ2) is 9.05. The maximum atomic E-state index is 14.1. The number of nitrogens with one attached hydrogen (secondary N) is 1. The lowest BCUT2D eigenvalue weighted by molar-refractivity contribution is -0.173. The minimum atomic E-state index is -4.54. The maximum Gasteiger partial charge on any atom is 0.410 e. The van der Waals surface area contributed by atoms with Crippen LogP contribution in [0, 0.1) is 0 Å². The van der Waals surface area contributed by atoms with Crippen LogP contribution in [0.3, 0.4) is 0 Å². The van der Waals surface area contributed by atoms with Crippen LogP contribution in [-0.4, -0.2) is 59.7 Å². The molecule has 6 rings (SSSR count). The number of halogens is 4. The van der Waals surface area contributed by atoms with Crippen LogP contribution in [0.15, 0.2) is 48.5 Å². The Bertz CT molecular complexity index is 1340. The number of alkyl halides is 3. The maximum absolute atomic E-state index is 14.1. The van der Waals surface area contributed by atoms with Crippen LogP contribution < -0.4 is 19.7 Å². The predicted molar refractivity (Wildman–Crippen MR) is 130 cm³/mol. The van der Waals surface area contributed by atoms with Crippen molar-refractivity contribution in [3.63, 3.8) is 0 Å². The molecule has 2 aromatic carbocycles. The highest BCUT2D eigenvalue weighted by Crippen LogP contribution is 2.45. The molecule has 0 spiro atoms. The molecule has 3 aliphatic rings. The van der Waals surface area contributed by atoms with Crippen LogP contribution in [0.1, 0.15) is 34.6 Å². The van der Waals surface area contributed by atoms with Crippen molar-refractivity contribution in [1.29, 1.82) is 0 Å². The Labute approximate surface area is 215 Å². The third-order valence-electron chi connectivity index (χ3n) is 6.95. The highest BCUT2D eigenvalue weighted by atomic mass is 35.5. The lowest BCUT2D eigenvalue weighted by atomic mass is 9.96. The van der Waals surface area contributed by atoms with Crippen molar-refractivity contribution >= 4 is 29.0 Å². The number of ether oxygens (including phenoxy) is 2. The van der Waals surface area contributed by atoms with E-state index in [2.05, 4.69) is 15.3 Å². The summed E-state index contributed by atoms with van der Waals surface area (Å²) in [6, 6.07) is 11.5. The summed E-state index contributed by atoms with van der Waals surface area (Å²) in [6.45, 7) is 2.07. The summed E-state index contributed by atoms with van der Waals surface area (Å²) in [5.41, 5.74) is 1.58. The van der Waals surface area contributed by atoms with E-state index in [1.54, 1.807) is 29.2 Å². The molecule has 1 fully saturated rings. The lowest BCUT2D eigenvalue weighted by Gasteiger charge is -2.35. The molecule has 0 radical (unpaired) electrons. The SMILES string of the molecule is O=C(c1cc2n(n1)[C@H](C(F)(F)F)C[C@H](c1ccc3c(c1)OCO3)N2)N1CCN(c2cccc(Cl)c2)CC1. The second-order valence-corrected chi connectivity index (χ2v) is 9.66. The first-order valence-electron chi connectivity index (χ1n) is 11.9. The van der Waals surface area contributed by atoms with E-state index in [0.717, 1.165) is 10.4 Å². The van der Waals surface area contributed by atoms with Gasteiger partial charge in [-0.2, -0.15) is 18.3 Å². The number of nitrogens with zero attached hydrogens (tertiary/aromatic N) is 4. The summed E-state index contributed by atoms with van der Waals surface area (Å²) in [4.78, 5) is 17.0. The molecule has 2 atom stereocenters. The molecule has 0 bridgehead atoms. The minimum Gasteiger partial charge on any atom is -0.454 e. The van der Waals surface area contributed by atoms with E-state index in [9.17, 15) is 18.0 Å². The third kappa shape index (κ3) is 4.52. The first-order chi connectivity index (χ1) is 17.8. The summed E-state index contributed by atoms with van der Waals surface area (Å²) in [5.74, 6) is 0.808. The van der Waals surface area contributed by atoms with Crippen LogP contribution in [0.4, 0.5) is 24.7 Å². The highest BCUT2D eigenvalue weighted by molar-refractivity contribution is 6.30. The normalized spacial score (nSPS) is 21.0. The van der Waals surface area contributed by atoms with Crippen LogP contribution >= 0.6 is 11.6 Å². The van der Waals surface area contributed by atoms with Crippen molar-refractivity contribution in [3.05, 3.63) is 64.8 Å². The number of carbonyl (C=O) groups is 1. The average Bonchev–Trinajstić information content (AvgIpc) is 3.53. The zero-order chi connectivity index (χ0) is 25.7. The molecule has 194 valence electrons. The average molecular weight is 534 g/mol. The minimum absolute atomic E-state index is 0.0145. The number of hydrogen-bond acceptors (Lipinski definition) is 6. The third-order valence-corrected chi connectivity index (χ3v) is 7.18. The molecular formula is C25H23ClF3N5O3. The van der Waals surface area contributed by atoms with Gasteiger partial charge in [-0.1, -0.05) is 23.7 Å². The Morgan fingerprint density at radius 1 is 1.03 bits per heavy atom. The van der Waals surface area contributed by atoms with Gasteiger partial charge >= 0.3 is 6.18 Å². The van der Waals surface area contributed by atoms with Gasteiger partial charge in [-0.05, 0) is 35.9 Å². The molecule has 3 aliphatic heterocycles. The lowest BCUT2D eigenvalue weighted by Crippen LogP contribution is -2.49. The van der Waals surface area contributed by atoms with Gasteiger partial charge in [-0.25, -0.2) is 4.68 Å². The van der Waals surface area contributed by atoms with Gasteiger partial charge in [0.2, 0.25) is 6.79 Å². The number of rotatable bonds is 3. The number of benzene rings is 2. The van der Waals surface area contributed by atoms with Crippen molar-refractivity contribution < 1.29 is 27.4 Å². The smallest absolute Gasteiger partial charge is 0.410 e. The fourth-order valence-corrected chi connectivity index (χ4v) is 5.21. The summed E-state index contributed by atoms with van der Waals surface area (Å²) in [7, 11) is 0. The first-order valence-corrected chi connectivity index (χ1v) is 12.3. The Morgan fingerprint density at radius 2 is 1.81 bits per heavy atom. The molecule has 0 saturated carbocycles. The summed E-state index contributed by atoms with van der Waals surface area (Å²) in [5, 5.41) is 7.88. The molecule has 4 heterocycles. The topological polar surface area (TPSA) is 71.9 Å². The van der Waals surface area contributed by atoms with E-state index >= 15 is 0 Å². The van der Waals surface area contributed by atoms with E-state index in [1.165, 1.54) is 6.07 Å². The molecule has 1 saturated heterocycles. The van der Waals surface area contributed by atoms with Crippen molar-refractivity contribution in [2.24, 2.45) is 0 Å². The molecule has 8 nitrogen and oxygen atoms in total. The van der Waals surface area contributed by atoms with Crippen LogP contribution in [0.5, 0.6) is 11.5 Å². The summed E-state index contributed by atoms with van der Waals surface area (Å²) in [6.07, 6.45) is -4.82. The van der Waals surface area contributed by atoms with E-state index in [1.807, 2.05) is 18.2 Å². The zero-order valence-corrected chi connectivity index (χ0v) is 20.3. The van der Waals surface area contributed by atoms with Crippen LogP contribution in [0.2, 0.25) is 5.02 Å². The van der Waals surface area contributed by atoms with Crippen LogP contribution in [-0.2, 0) is 0 Å². The summed E-state index contributed by atoms with van der Waals surface area (Å²) >= 11 is 6.09. The molecule has 0 unspecified atom stereocenters. The Balaban J connectivity index is 1.21. The van der Waals surface area contributed by atoms with Gasteiger partial charge in [0.25, 0.3) is 5.91 Å². The molecule has 0 aliphatic carbocycles. The molecule has 1 amide bonds. The van der Waals surface area contributed by atoms with Crippen molar-refractivity contribution in [2.75, 3.05) is 43.2 Å². The van der Waals surface area contributed by atoms with Gasteiger partial charge in [0.1, 0.15) is 5.82 Å². The molecule has 12 heteroatoms. The number of piperazine rings is 1.